The Labute approximate surface area is 140 Å². The first-order valence-corrected chi connectivity index (χ1v) is 8.10. The molecule has 126 valence electrons. The maximum atomic E-state index is 14.1. The van der Waals surface area contributed by atoms with E-state index >= 15 is 0 Å². The van der Waals surface area contributed by atoms with Gasteiger partial charge in [-0.05, 0) is 44.4 Å². The van der Waals surface area contributed by atoms with Gasteiger partial charge in [-0.1, -0.05) is 6.07 Å². The second-order valence-electron chi connectivity index (χ2n) is 6.34. The summed E-state index contributed by atoms with van der Waals surface area (Å²) in [6, 6.07) is 6.47. The van der Waals surface area contributed by atoms with E-state index in [0.29, 0.717) is 24.7 Å². The number of aromatic nitrogens is 2. The van der Waals surface area contributed by atoms with Gasteiger partial charge in [-0.25, -0.2) is 14.4 Å². The van der Waals surface area contributed by atoms with Gasteiger partial charge in [0.2, 0.25) is 0 Å². The van der Waals surface area contributed by atoms with Crippen LogP contribution in [0.2, 0.25) is 0 Å². The van der Waals surface area contributed by atoms with Gasteiger partial charge in [-0.3, -0.25) is 4.79 Å². The molecule has 2 N–H and O–H groups in total. The number of rotatable bonds is 2. The van der Waals surface area contributed by atoms with Crippen LogP contribution < -0.4 is 5.73 Å². The maximum absolute atomic E-state index is 14.1. The first-order valence-electron chi connectivity index (χ1n) is 8.10. The fraction of sp³-hybridized carbons (Fsp3) is 0.389. The summed E-state index contributed by atoms with van der Waals surface area (Å²) >= 11 is 0. The molecule has 2 heterocycles. The van der Waals surface area contributed by atoms with Crippen LogP contribution in [-0.2, 0) is 0 Å². The summed E-state index contributed by atoms with van der Waals surface area (Å²) in [6.45, 7) is 4.74. The lowest BCUT2D eigenvalue weighted by Crippen LogP contribution is -2.39. The van der Waals surface area contributed by atoms with E-state index in [2.05, 4.69) is 9.97 Å². The van der Waals surface area contributed by atoms with Crippen LogP contribution in [0, 0.1) is 19.7 Å². The van der Waals surface area contributed by atoms with Crippen molar-refractivity contribution in [3.63, 3.8) is 0 Å². The molecule has 1 aliphatic heterocycles. The number of nitrogen functional groups attached to an aromatic ring is 1. The van der Waals surface area contributed by atoms with Crippen LogP contribution in [-0.4, -0.2) is 33.9 Å². The molecule has 1 aromatic heterocycles. The predicted octanol–water partition coefficient (Wildman–Crippen LogP) is 2.83. The second-order valence-corrected chi connectivity index (χ2v) is 6.34. The van der Waals surface area contributed by atoms with Gasteiger partial charge in [0, 0.05) is 25.1 Å². The van der Waals surface area contributed by atoms with Crippen LogP contribution in [0.25, 0.3) is 0 Å². The van der Waals surface area contributed by atoms with E-state index in [-0.39, 0.29) is 17.4 Å². The summed E-state index contributed by atoms with van der Waals surface area (Å²) < 4.78 is 14.1. The zero-order valence-electron chi connectivity index (χ0n) is 13.9. The van der Waals surface area contributed by atoms with E-state index in [1.807, 2.05) is 0 Å². The molecule has 1 aromatic carbocycles. The molecule has 1 aliphatic rings. The highest BCUT2D eigenvalue weighted by Crippen LogP contribution is 2.27. The van der Waals surface area contributed by atoms with Crippen molar-refractivity contribution in [1.29, 1.82) is 0 Å². The number of anilines is 1. The molecule has 1 saturated heterocycles. The Morgan fingerprint density at radius 2 is 2.08 bits per heavy atom. The molecule has 2 aromatic rings. The lowest BCUT2D eigenvalue weighted by molar-refractivity contribution is 0.0701. The van der Waals surface area contributed by atoms with E-state index in [9.17, 15) is 9.18 Å². The van der Waals surface area contributed by atoms with Gasteiger partial charge in [0.15, 0.2) is 0 Å². The van der Waals surface area contributed by atoms with Gasteiger partial charge >= 0.3 is 0 Å². The minimum absolute atomic E-state index is 0.0974. The summed E-state index contributed by atoms with van der Waals surface area (Å²) in [4.78, 5) is 22.9. The first-order chi connectivity index (χ1) is 11.4. The third-order valence-corrected chi connectivity index (χ3v) is 4.36. The van der Waals surface area contributed by atoms with E-state index in [1.165, 1.54) is 6.07 Å². The van der Waals surface area contributed by atoms with Crippen molar-refractivity contribution >= 4 is 11.7 Å². The molecule has 1 fully saturated rings. The van der Waals surface area contributed by atoms with Crippen LogP contribution in [0.5, 0.6) is 0 Å². The molecule has 0 aliphatic carbocycles. The Hall–Kier alpha value is -2.50. The Morgan fingerprint density at radius 3 is 2.79 bits per heavy atom. The van der Waals surface area contributed by atoms with Crippen molar-refractivity contribution in [2.75, 3.05) is 18.8 Å². The van der Waals surface area contributed by atoms with Crippen LogP contribution in [0.15, 0.2) is 24.3 Å². The standard InChI is InChI=1S/C18H21FN4O/c1-11-5-6-14(15(19)8-11)18(24)23-7-3-4-13(10-23)16-9-17(20)22-12(2)21-16/h5-6,8-9,13H,3-4,7,10H2,1-2H3,(H2,20,21,22). The Bertz CT molecular complexity index is 757. The number of aryl methyl sites for hydroxylation is 2. The highest BCUT2D eigenvalue weighted by molar-refractivity contribution is 5.94. The number of carbonyl (C=O) groups is 1. The molecule has 0 bridgehead atoms. The second kappa shape index (κ2) is 6.55. The minimum Gasteiger partial charge on any atom is -0.384 e. The number of amides is 1. The summed E-state index contributed by atoms with van der Waals surface area (Å²) in [5.74, 6) is 0.420. The number of hydrogen-bond acceptors (Lipinski definition) is 4. The molecule has 0 saturated carbocycles. The number of carbonyl (C=O) groups excluding carboxylic acids is 1. The largest absolute Gasteiger partial charge is 0.384 e. The fourth-order valence-corrected chi connectivity index (χ4v) is 3.19. The molecule has 1 atom stereocenters. The summed E-state index contributed by atoms with van der Waals surface area (Å²) in [5.41, 5.74) is 7.58. The number of benzene rings is 1. The topological polar surface area (TPSA) is 72.1 Å². The van der Waals surface area contributed by atoms with E-state index in [0.717, 1.165) is 24.1 Å². The van der Waals surface area contributed by atoms with Gasteiger partial charge in [-0.15, -0.1) is 0 Å². The Kier molecular flexibility index (Phi) is 4.46. The first kappa shape index (κ1) is 16.4. The van der Waals surface area contributed by atoms with Crippen molar-refractivity contribution in [2.45, 2.75) is 32.6 Å². The number of halogens is 1. The third-order valence-electron chi connectivity index (χ3n) is 4.36. The Balaban J connectivity index is 1.81. The average molecular weight is 328 g/mol. The van der Waals surface area contributed by atoms with Crippen LogP contribution >= 0.6 is 0 Å². The molecular formula is C18H21FN4O. The number of hydrogen-bond donors (Lipinski definition) is 1. The molecule has 1 unspecified atom stereocenters. The number of nitrogens with two attached hydrogens (primary N) is 1. The van der Waals surface area contributed by atoms with Crippen molar-refractivity contribution in [3.05, 3.63) is 52.7 Å². The van der Waals surface area contributed by atoms with Gasteiger partial charge < -0.3 is 10.6 Å². The van der Waals surface area contributed by atoms with Crippen molar-refractivity contribution in [1.82, 2.24) is 14.9 Å². The minimum atomic E-state index is -0.468. The van der Waals surface area contributed by atoms with Gasteiger partial charge in [0.25, 0.3) is 5.91 Å². The lowest BCUT2D eigenvalue weighted by Gasteiger charge is -2.32. The summed E-state index contributed by atoms with van der Waals surface area (Å²) in [6.07, 6.45) is 1.78. The zero-order chi connectivity index (χ0) is 17.3. The normalized spacial score (nSPS) is 17.8. The maximum Gasteiger partial charge on any atom is 0.256 e. The van der Waals surface area contributed by atoms with Gasteiger partial charge in [-0.2, -0.15) is 0 Å². The molecule has 0 spiro atoms. The van der Waals surface area contributed by atoms with Crippen LogP contribution in [0.3, 0.4) is 0 Å². The lowest BCUT2D eigenvalue weighted by atomic mass is 9.93. The highest BCUT2D eigenvalue weighted by atomic mass is 19.1. The fourth-order valence-electron chi connectivity index (χ4n) is 3.19. The molecule has 5 nitrogen and oxygen atoms in total. The average Bonchev–Trinajstić information content (AvgIpc) is 2.53. The molecule has 0 radical (unpaired) electrons. The summed E-state index contributed by atoms with van der Waals surface area (Å²) in [7, 11) is 0. The van der Waals surface area contributed by atoms with Gasteiger partial charge in [0.1, 0.15) is 17.5 Å². The van der Waals surface area contributed by atoms with E-state index in [1.54, 1.807) is 36.9 Å². The van der Waals surface area contributed by atoms with E-state index < -0.39 is 5.82 Å². The van der Waals surface area contributed by atoms with Crippen LogP contribution in [0.1, 0.15) is 46.2 Å². The molecular weight excluding hydrogens is 307 g/mol. The molecule has 24 heavy (non-hydrogen) atoms. The van der Waals surface area contributed by atoms with Crippen LogP contribution in [0.4, 0.5) is 10.2 Å². The smallest absolute Gasteiger partial charge is 0.256 e. The molecule has 3 rings (SSSR count). The molecule has 6 heteroatoms. The Morgan fingerprint density at radius 1 is 1.29 bits per heavy atom. The quantitative estimate of drug-likeness (QED) is 0.920. The third kappa shape index (κ3) is 3.37. The van der Waals surface area contributed by atoms with E-state index in [4.69, 9.17) is 5.73 Å². The van der Waals surface area contributed by atoms with Crippen molar-refractivity contribution in [3.8, 4) is 0 Å². The number of piperidine rings is 1. The van der Waals surface area contributed by atoms with Crippen molar-refractivity contribution in [2.24, 2.45) is 0 Å². The molecule has 1 amide bonds. The SMILES string of the molecule is Cc1ccc(C(=O)N2CCCC(c3cc(N)nc(C)n3)C2)c(F)c1. The van der Waals surface area contributed by atoms with Crippen molar-refractivity contribution < 1.29 is 9.18 Å². The summed E-state index contributed by atoms with van der Waals surface area (Å²) in [5, 5.41) is 0. The number of nitrogens with zero attached hydrogens (tertiary/aromatic N) is 3. The van der Waals surface area contributed by atoms with Gasteiger partial charge in [0.05, 0.1) is 11.3 Å². The number of likely N-dealkylation sites (tertiary alicyclic amines) is 1. The highest BCUT2D eigenvalue weighted by Gasteiger charge is 2.28. The zero-order valence-corrected chi connectivity index (χ0v) is 13.9. The monoisotopic (exact) mass is 328 g/mol. The predicted molar refractivity (Wildman–Crippen MR) is 90.2 cm³/mol.